The molecule has 5 nitrogen and oxygen atoms in total. The Bertz CT molecular complexity index is 343. The highest BCUT2D eigenvalue weighted by Crippen LogP contribution is 2.12. The lowest BCUT2D eigenvalue weighted by Gasteiger charge is -2.09. The Hall–Kier alpha value is -1.36. The van der Waals surface area contributed by atoms with E-state index in [0.29, 0.717) is 11.7 Å². The van der Waals surface area contributed by atoms with Gasteiger partial charge < -0.3 is 14.8 Å². The molecule has 0 unspecified atom stereocenters. The highest BCUT2D eigenvalue weighted by atomic mass is 16.5. The number of anilines is 1. The molecule has 0 aliphatic carbocycles. The van der Waals surface area contributed by atoms with Gasteiger partial charge in [0.15, 0.2) is 0 Å². The summed E-state index contributed by atoms with van der Waals surface area (Å²) in [5.74, 6) is 2.07. The van der Waals surface area contributed by atoms with E-state index in [-0.39, 0.29) is 6.10 Å². The summed E-state index contributed by atoms with van der Waals surface area (Å²) in [6.45, 7) is 7.49. The van der Waals surface area contributed by atoms with Gasteiger partial charge >= 0.3 is 0 Å². The molecular formula is C12H21N3O2. The molecule has 1 aromatic heterocycles. The van der Waals surface area contributed by atoms with Crippen molar-refractivity contribution >= 4 is 5.82 Å². The summed E-state index contributed by atoms with van der Waals surface area (Å²) in [5.41, 5.74) is 0. The van der Waals surface area contributed by atoms with E-state index in [0.717, 1.165) is 25.4 Å². The molecule has 96 valence electrons. The van der Waals surface area contributed by atoms with Crippen LogP contribution in [0, 0.1) is 6.92 Å². The molecule has 1 heterocycles. The van der Waals surface area contributed by atoms with E-state index in [4.69, 9.17) is 9.47 Å². The van der Waals surface area contributed by atoms with Gasteiger partial charge in [0.05, 0.1) is 13.2 Å². The van der Waals surface area contributed by atoms with Crippen LogP contribution >= 0.6 is 0 Å². The monoisotopic (exact) mass is 239 g/mol. The second kappa shape index (κ2) is 7.06. The second-order valence-electron chi connectivity index (χ2n) is 4.04. The summed E-state index contributed by atoms with van der Waals surface area (Å²) >= 11 is 0. The molecular weight excluding hydrogens is 218 g/mol. The van der Waals surface area contributed by atoms with Crippen LogP contribution in [0.3, 0.4) is 0 Å². The van der Waals surface area contributed by atoms with Gasteiger partial charge in [-0.15, -0.1) is 0 Å². The van der Waals surface area contributed by atoms with Crippen molar-refractivity contribution in [2.24, 2.45) is 0 Å². The lowest BCUT2D eigenvalue weighted by atomic mass is 10.4. The van der Waals surface area contributed by atoms with Crippen molar-refractivity contribution in [3.8, 4) is 5.88 Å². The van der Waals surface area contributed by atoms with Gasteiger partial charge in [0.1, 0.15) is 11.6 Å². The Morgan fingerprint density at radius 2 is 2.12 bits per heavy atom. The molecule has 0 radical (unpaired) electrons. The fraction of sp³-hybridized carbons (Fsp3) is 0.667. The van der Waals surface area contributed by atoms with Gasteiger partial charge in [0.2, 0.25) is 5.88 Å². The molecule has 1 rings (SSSR count). The zero-order valence-electron chi connectivity index (χ0n) is 11.0. The van der Waals surface area contributed by atoms with Crippen molar-refractivity contribution in [1.29, 1.82) is 0 Å². The largest absolute Gasteiger partial charge is 0.481 e. The summed E-state index contributed by atoms with van der Waals surface area (Å²) in [4.78, 5) is 8.39. The molecule has 5 heteroatoms. The van der Waals surface area contributed by atoms with Gasteiger partial charge in [-0.3, -0.25) is 0 Å². The molecule has 17 heavy (non-hydrogen) atoms. The minimum absolute atomic E-state index is 0.288. The predicted octanol–water partition coefficient (Wildman–Crippen LogP) is 2.02. The van der Waals surface area contributed by atoms with E-state index in [2.05, 4.69) is 15.3 Å². The second-order valence-corrected chi connectivity index (χ2v) is 4.04. The fourth-order valence-corrected chi connectivity index (χ4v) is 1.34. The molecule has 0 amide bonds. The number of aromatic nitrogens is 2. The molecule has 0 aromatic carbocycles. The molecule has 0 saturated heterocycles. The number of rotatable bonds is 7. The Morgan fingerprint density at radius 1 is 1.35 bits per heavy atom. The third-order valence-corrected chi connectivity index (χ3v) is 2.10. The predicted molar refractivity (Wildman–Crippen MR) is 67.5 cm³/mol. The van der Waals surface area contributed by atoms with Crippen molar-refractivity contribution in [3.63, 3.8) is 0 Å². The van der Waals surface area contributed by atoms with Crippen molar-refractivity contribution in [2.75, 3.05) is 25.6 Å². The molecule has 0 spiro atoms. The van der Waals surface area contributed by atoms with Gasteiger partial charge in [0, 0.05) is 19.2 Å². The van der Waals surface area contributed by atoms with Crippen LogP contribution in [0.2, 0.25) is 0 Å². The fourth-order valence-electron chi connectivity index (χ4n) is 1.34. The molecule has 0 aliphatic heterocycles. The van der Waals surface area contributed by atoms with E-state index >= 15 is 0 Å². The first kappa shape index (κ1) is 13.7. The number of ether oxygens (including phenoxy) is 2. The van der Waals surface area contributed by atoms with Gasteiger partial charge in [-0.25, -0.2) is 4.98 Å². The van der Waals surface area contributed by atoms with Crippen LogP contribution in [0.5, 0.6) is 5.88 Å². The normalized spacial score (nSPS) is 10.6. The SMILES string of the molecule is COc1cc(NCCCOC(C)C)nc(C)n1. The van der Waals surface area contributed by atoms with Crippen LogP contribution in [0.25, 0.3) is 0 Å². The van der Waals surface area contributed by atoms with Crippen LogP contribution in [0.15, 0.2) is 6.07 Å². The first-order chi connectivity index (χ1) is 8.11. The van der Waals surface area contributed by atoms with E-state index in [1.54, 1.807) is 13.2 Å². The summed E-state index contributed by atoms with van der Waals surface area (Å²) in [6.07, 6.45) is 1.24. The van der Waals surface area contributed by atoms with Gasteiger partial charge in [-0.1, -0.05) is 0 Å². The number of methoxy groups -OCH3 is 1. The van der Waals surface area contributed by atoms with E-state index in [1.165, 1.54) is 0 Å². The topological polar surface area (TPSA) is 56.3 Å². The molecule has 0 fully saturated rings. The molecule has 1 N–H and O–H groups in total. The van der Waals surface area contributed by atoms with Crippen molar-refractivity contribution < 1.29 is 9.47 Å². The molecule has 0 aliphatic rings. The van der Waals surface area contributed by atoms with E-state index in [1.807, 2.05) is 20.8 Å². The Kier molecular flexibility index (Phi) is 5.69. The smallest absolute Gasteiger partial charge is 0.218 e. The van der Waals surface area contributed by atoms with Crippen LogP contribution in [0.4, 0.5) is 5.82 Å². The average molecular weight is 239 g/mol. The van der Waals surface area contributed by atoms with Gasteiger partial charge in [-0.2, -0.15) is 4.98 Å². The zero-order chi connectivity index (χ0) is 12.7. The molecule has 0 saturated carbocycles. The van der Waals surface area contributed by atoms with E-state index < -0.39 is 0 Å². The first-order valence-corrected chi connectivity index (χ1v) is 5.87. The summed E-state index contributed by atoms with van der Waals surface area (Å²) in [5, 5.41) is 3.22. The van der Waals surface area contributed by atoms with Crippen LogP contribution in [-0.4, -0.2) is 36.3 Å². The minimum Gasteiger partial charge on any atom is -0.481 e. The lowest BCUT2D eigenvalue weighted by molar-refractivity contribution is 0.0787. The third-order valence-electron chi connectivity index (χ3n) is 2.10. The maximum absolute atomic E-state index is 5.45. The number of hydrogen-bond donors (Lipinski definition) is 1. The summed E-state index contributed by atoms with van der Waals surface area (Å²) < 4.78 is 10.5. The number of nitrogens with zero attached hydrogens (tertiary/aromatic N) is 2. The maximum Gasteiger partial charge on any atom is 0.218 e. The molecule has 0 atom stereocenters. The molecule has 0 bridgehead atoms. The first-order valence-electron chi connectivity index (χ1n) is 5.87. The van der Waals surface area contributed by atoms with Crippen molar-refractivity contribution in [2.45, 2.75) is 33.3 Å². The highest BCUT2D eigenvalue weighted by Gasteiger charge is 2.01. The Labute approximate surface area is 103 Å². The summed E-state index contributed by atoms with van der Waals surface area (Å²) in [7, 11) is 1.60. The highest BCUT2D eigenvalue weighted by molar-refractivity contribution is 5.38. The van der Waals surface area contributed by atoms with Crippen LogP contribution in [-0.2, 0) is 4.74 Å². The zero-order valence-corrected chi connectivity index (χ0v) is 11.0. The standard InChI is InChI=1S/C12H21N3O2/c1-9(2)17-7-5-6-13-11-8-12(16-4)15-10(3)14-11/h8-9H,5-7H2,1-4H3,(H,13,14,15). The number of aryl methyl sites for hydroxylation is 1. The van der Waals surface area contributed by atoms with E-state index in [9.17, 15) is 0 Å². The number of hydrogen-bond acceptors (Lipinski definition) is 5. The van der Waals surface area contributed by atoms with Crippen molar-refractivity contribution in [3.05, 3.63) is 11.9 Å². The molecule has 1 aromatic rings. The van der Waals surface area contributed by atoms with Crippen LogP contribution < -0.4 is 10.1 Å². The van der Waals surface area contributed by atoms with Gasteiger partial charge in [0.25, 0.3) is 0 Å². The maximum atomic E-state index is 5.45. The Balaban J connectivity index is 2.33. The lowest BCUT2D eigenvalue weighted by Crippen LogP contribution is -2.10. The minimum atomic E-state index is 0.288. The quantitative estimate of drug-likeness (QED) is 0.738. The Morgan fingerprint density at radius 3 is 2.76 bits per heavy atom. The van der Waals surface area contributed by atoms with Crippen molar-refractivity contribution in [1.82, 2.24) is 9.97 Å². The average Bonchev–Trinajstić information content (AvgIpc) is 2.27. The summed E-state index contributed by atoms with van der Waals surface area (Å²) in [6, 6.07) is 1.79. The van der Waals surface area contributed by atoms with Crippen LogP contribution in [0.1, 0.15) is 26.1 Å². The van der Waals surface area contributed by atoms with Gasteiger partial charge in [-0.05, 0) is 27.2 Å². The third kappa shape index (κ3) is 5.49. The number of nitrogens with one attached hydrogen (secondary N) is 1.